The summed E-state index contributed by atoms with van der Waals surface area (Å²) in [6.07, 6.45) is -1.76. The van der Waals surface area contributed by atoms with Crippen molar-refractivity contribution >= 4 is 21.9 Å². The Kier molecular flexibility index (Phi) is 4.35. The molecule has 0 aliphatic carbocycles. The Morgan fingerprint density at radius 3 is 2.75 bits per heavy atom. The SMILES string of the molecule is CCOC(=O)c1c(C(F)F)cnc(C)c1Br. The van der Waals surface area contributed by atoms with E-state index in [1.54, 1.807) is 13.8 Å². The lowest BCUT2D eigenvalue weighted by molar-refractivity contribution is 0.0513. The third-order valence-electron chi connectivity index (χ3n) is 1.94. The van der Waals surface area contributed by atoms with Gasteiger partial charge in [0.1, 0.15) is 0 Å². The summed E-state index contributed by atoms with van der Waals surface area (Å²) in [6, 6.07) is 0. The summed E-state index contributed by atoms with van der Waals surface area (Å²) in [6.45, 7) is 3.36. The number of alkyl halides is 2. The fraction of sp³-hybridized carbons (Fsp3) is 0.400. The first-order valence-corrected chi connectivity index (χ1v) is 5.38. The van der Waals surface area contributed by atoms with Gasteiger partial charge in [0, 0.05) is 6.20 Å². The molecule has 0 amide bonds. The van der Waals surface area contributed by atoms with Gasteiger partial charge in [-0.2, -0.15) is 0 Å². The molecule has 0 atom stereocenters. The van der Waals surface area contributed by atoms with Gasteiger partial charge in [0.2, 0.25) is 0 Å². The van der Waals surface area contributed by atoms with E-state index in [-0.39, 0.29) is 16.6 Å². The van der Waals surface area contributed by atoms with Crippen LogP contribution in [0.25, 0.3) is 0 Å². The first-order chi connectivity index (χ1) is 7.49. The van der Waals surface area contributed by atoms with Gasteiger partial charge in [0.25, 0.3) is 6.43 Å². The molecule has 0 N–H and O–H groups in total. The Morgan fingerprint density at radius 1 is 1.62 bits per heavy atom. The largest absolute Gasteiger partial charge is 0.462 e. The smallest absolute Gasteiger partial charge is 0.339 e. The highest BCUT2D eigenvalue weighted by Gasteiger charge is 2.24. The molecule has 0 aromatic carbocycles. The van der Waals surface area contributed by atoms with Gasteiger partial charge in [0.15, 0.2) is 0 Å². The number of hydrogen-bond acceptors (Lipinski definition) is 3. The van der Waals surface area contributed by atoms with Gasteiger partial charge in [0.05, 0.1) is 27.9 Å². The van der Waals surface area contributed by atoms with Crippen molar-refractivity contribution in [2.75, 3.05) is 6.61 Å². The molecule has 0 aliphatic rings. The van der Waals surface area contributed by atoms with Crippen LogP contribution in [-0.4, -0.2) is 17.6 Å². The Balaban J connectivity index is 3.31. The highest BCUT2D eigenvalue weighted by atomic mass is 79.9. The monoisotopic (exact) mass is 293 g/mol. The molecule has 1 aromatic rings. The van der Waals surface area contributed by atoms with Crippen molar-refractivity contribution < 1.29 is 18.3 Å². The molecule has 1 rings (SSSR count). The Morgan fingerprint density at radius 2 is 2.25 bits per heavy atom. The maximum atomic E-state index is 12.7. The topological polar surface area (TPSA) is 39.2 Å². The number of aromatic nitrogens is 1. The molecule has 16 heavy (non-hydrogen) atoms. The standard InChI is InChI=1S/C10H10BrF2NO2/c1-3-16-10(15)7-6(9(12)13)4-14-5(2)8(7)11/h4,9H,3H2,1-2H3. The van der Waals surface area contributed by atoms with Crippen molar-refractivity contribution in [3.63, 3.8) is 0 Å². The highest BCUT2D eigenvalue weighted by Crippen LogP contribution is 2.30. The predicted octanol–water partition coefficient (Wildman–Crippen LogP) is 3.27. The number of nitrogens with zero attached hydrogens (tertiary/aromatic N) is 1. The quantitative estimate of drug-likeness (QED) is 0.803. The molecule has 6 heteroatoms. The molecule has 1 aromatic heterocycles. The van der Waals surface area contributed by atoms with Crippen molar-refractivity contribution in [1.29, 1.82) is 0 Å². The molecule has 0 aliphatic heterocycles. The van der Waals surface area contributed by atoms with Crippen LogP contribution in [0.5, 0.6) is 0 Å². The molecular weight excluding hydrogens is 284 g/mol. The van der Waals surface area contributed by atoms with E-state index in [9.17, 15) is 13.6 Å². The maximum Gasteiger partial charge on any atom is 0.339 e. The van der Waals surface area contributed by atoms with E-state index in [0.717, 1.165) is 6.20 Å². The number of halogens is 3. The zero-order chi connectivity index (χ0) is 12.3. The summed E-state index contributed by atoms with van der Waals surface area (Å²) < 4.78 is 30.3. The number of carbonyl (C=O) groups is 1. The normalized spacial score (nSPS) is 10.6. The van der Waals surface area contributed by atoms with Crippen molar-refractivity contribution in [3.8, 4) is 0 Å². The summed E-state index contributed by atoms with van der Waals surface area (Å²) in [5.41, 5.74) is -0.104. The molecule has 0 saturated carbocycles. The number of hydrogen-bond donors (Lipinski definition) is 0. The Bertz CT molecular complexity index is 410. The number of ether oxygens (including phenoxy) is 1. The number of carbonyl (C=O) groups excluding carboxylic acids is 1. The first kappa shape index (κ1) is 13.0. The van der Waals surface area contributed by atoms with E-state index in [1.807, 2.05) is 0 Å². The van der Waals surface area contributed by atoms with Gasteiger partial charge in [-0.05, 0) is 29.8 Å². The van der Waals surface area contributed by atoms with Crippen molar-refractivity contribution in [1.82, 2.24) is 4.98 Å². The lowest BCUT2D eigenvalue weighted by atomic mass is 10.1. The summed E-state index contributed by atoms with van der Waals surface area (Å²) in [7, 11) is 0. The number of rotatable bonds is 3. The molecule has 88 valence electrons. The van der Waals surface area contributed by atoms with E-state index in [1.165, 1.54) is 0 Å². The third-order valence-corrected chi connectivity index (χ3v) is 2.91. The fourth-order valence-corrected chi connectivity index (χ4v) is 1.66. The van der Waals surface area contributed by atoms with Crippen molar-refractivity contribution in [2.24, 2.45) is 0 Å². The lowest BCUT2D eigenvalue weighted by Crippen LogP contribution is -2.11. The van der Waals surface area contributed by atoms with Gasteiger partial charge in [-0.3, -0.25) is 4.98 Å². The predicted molar refractivity (Wildman–Crippen MR) is 57.6 cm³/mol. The van der Waals surface area contributed by atoms with E-state index in [4.69, 9.17) is 4.74 Å². The van der Waals surface area contributed by atoms with E-state index in [2.05, 4.69) is 20.9 Å². The molecule has 3 nitrogen and oxygen atoms in total. The molecule has 0 saturated heterocycles. The molecule has 0 radical (unpaired) electrons. The van der Waals surface area contributed by atoms with Crippen LogP contribution in [0.1, 0.15) is 35.0 Å². The summed E-state index contributed by atoms with van der Waals surface area (Å²) in [5, 5.41) is 0. The maximum absolute atomic E-state index is 12.7. The second-order valence-corrected chi connectivity index (χ2v) is 3.80. The zero-order valence-corrected chi connectivity index (χ0v) is 10.3. The Labute approximate surface area is 99.9 Å². The second-order valence-electron chi connectivity index (χ2n) is 3.01. The molecule has 0 unspecified atom stereocenters. The number of aryl methyl sites for hydroxylation is 1. The summed E-state index contributed by atoms with van der Waals surface area (Å²) in [5.74, 6) is -0.768. The van der Waals surface area contributed by atoms with E-state index < -0.39 is 18.0 Å². The fourth-order valence-electron chi connectivity index (χ4n) is 1.17. The van der Waals surface area contributed by atoms with Crippen molar-refractivity contribution in [2.45, 2.75) is 20.3 Å². The number of esters is 1. The molecule has 0 spiro atoms. The van der Waals surface area contributed by atoms with Crippen LogP contribution in [0, 0.1) is 6.92 Å². The van der Waals surface area contributed by atoms with Gasteiger partial charge < -0.3 is 4.74 Å². The highest BCUT2D eigenvalue weighted by molar-refractivity contribution is 9.10. The van der Waals surface area contributed by atoms with E-state index >= 15 is 0 Å². The van der Waals surface area contributed by atoms with Crippen LogP contribution in [0.2, 0.25) is 0 Å². The van der Waals surface area contributed by atoms with Crippen LogP contribution < -0.4 is 0 Å². The van der Waals surface area contributed by atoms with Crippen LogP contribution >= 0.6 is 15.9 Å². The second kappa shape index (κ2) is 5.34. The first-order valence-electron chi connectivity index (χ1n) is 4.59. The van der Waals surface area contributed by atoms with Crippen LogP contribution in [-0.2, 0) is 4.74 Å². The third kappa shape index (κ3) is 2.55. The summed E-state index contributed by atoms with van der Waals surface area (Å²) >= 11 is 3.07. The molecule has 0 fully saturated rings. The minimum absolute atomic E-state index is 0.134. The molecule has 0 bridgehead atoms. The zero-order valence-electron chi connectivity index (χ0n) is 8.76. The van der Waals surface area contributed by atoms with E-state index in [0.29, 0.717) is 5.69 Å². The average molecular weight is 294 g/mol. The van der Waals surface area contributed by atoms with Crippen LogP contribution in [0.4, 0.5) is 8.78 Å². The van der Waals surface area contributed by atoms with Crippen LogP contribution in [0.15, 0.2) is 10.7 Å². The van der Waals surface area contributed by atoms with Gasteiger partial charge >= 0.3 is 5.97 Å². The number of pyridine rings is 1. The molecule has 1 heterocycles. The van der Waals surface area contributed by atoms with Gasteiger partial charge in [-0.1, -0.05) is 0 Å². The van der Waals surface area contributed by atoms with Gasteiger partial charge in [-0.25, -0.2) is 13.6 Å². The Hall–Kier alpha value is -1.04. The van der Waals surface area contributed by atoms with Crippen LogP contribution in [0.3, 0.4) is 0 Å². The van der Waals surface area contributed by atoms with Crippen molar-refractivity contribution in [3.05, 3.63) is 27.5 Å². The average Bonchev–Trinajstić information content (AvgIpc) is 2.21. The summed E-state index contributed by atoms with van der Waals surface area (Å²) in [4.78, 5) is 15.3. The molecular formula is C10H10BrF2NO2. The van der Waals surface area contributed by atoms with Gasteiger partial charge in [-0.15, -0.1) is 0 Å². The minimum Gasteiger partial charge on any atom is -0.462 e. The minimum atomic E-state index is -2.76. The lowest BCUT2D eigenvalue weighted by Gasteiger charge is -2.11.